The van der Waals surface area contributed by atoms with Gasteiger partial charge in [0.2, 0.25) is 0 Å². The number of hydrogen-bond acceptors (Lipinski definition) is 2. The van der Waals surface area contributed by atoms with E-state index in [0.717, 1.165) is 24.3 Å². The third-order valence-electron chi connectivity index (χ3n) is 4.38. The van der Waals surface area contributed by atoms with E-state index in [1.165, 1.54) is 47.4 Å². The Bertz CT molecular complexity index is 969. The van der Waals surface area contributed by atoms with E-state index in [9.17, 15) is 17.6 Å². The summed E-state index contributed by atoms with van der Waals surface area (Å²) in [6.45, 7) is 3.03. The normalized spacial score (nSPS) is 10.7. The molecule has 0 unspecified atom stereocenters. The molecule has 7 heteroatoms. The fourth-order valence-corrected chi connectivity index (χ4v) is 3.00. The maximum absolute atomic E-state index is 12.4. The summed E-state index contributed by atoms with van der Waals surface area (Å²) in [6.07, 6.45) is 12.7. The predicted octanol–water partition coefficient (Wildman–Crippen LogP) is 8.06. The lowest BCUT2D eigenvalue weighted by molar-refractivity contribution is 0.305. The first-order valence-corrected chi connectivity index (χ1v) is 11.3. The second-order valence-electron chi connectivity index (χ2n) is 6.87. The fraction of sp³-hybridized carbons (Fsp3) is 0.240. The highest BCUT2D eigenvalue weighted by molar-refractivity contribution is 14.1. The van der Waals surface area contributed by atoms with Gasteiger partial charge < -0.3 is 4.74 Å². The van der Waals surface area contributed by atoms with Crippen molar-refractivity contribution in [2.24, 2.45) is 0 Å². The summed E-state index contributed by atoms with van der Waals surface area (Å²) in [7, 11) is 0. The van der Waals surface area contributed by atoms with Crippen LogP contribution in [0.4, 0.5) is 17.6 Å². The zero-order valence-electron chi connectivity index (χ0n) is 17.6. The first kappa shape index (κ1) is 25.8. The summed E-state index contributed by atoms with van der Waals surface area (Å²) in [5.74, 6) is -4.78. The number of benzene rings is 2. The zero-order chi connectivity index (χ0) is 23.3. The molecule has 0 aliphatic rings. The van der Waals surface area contributed by atoms with E-state index in [0.29, 0.717) is 6.07 Å². The van der Waals surface area contributed by atoms with Crippen LogP contribution in [0.5, 0.6) is 5.75 Å². The Hall–Kier alpha value is -2.42. The van der Waals surface area contributed by atoms with Gasteiger partial charge in [-0.1, -0.05) is 50.5 Å². The van der Waals surface area contributed by atoms with Gasteiger partial charge >= 0.3 is 0 Å². The van der Waals surface area contributed by atoms with E-state index in [1.54, 1.807) is 12.4 Å². The van der Waals surface area contributed by atoms with Gasteiger partial charge in [0.15, 0.2) is 17.5 Å². The largest absolute Gasteiger partial charge is 0.494 e. The number of ether oxygens (including phenoxy) is 1. The van der Waals surface area contributed by atoms with Gasteiger partial charge in [-0.2, -0.15) is 0 Å². The Morgan fingerprint density at radius 3 is 2.06 bits per heavy atom. The van der Waals surface area contributed by atoms with Crippen LogP contribution in [-0.4, -0.2) is 11.6 Å². The lowest BCUT2D eigenvalue weighted by Gasteiger charge is -2.06. The van der Waals surface area contributed by atoms with Crippen LogP contribution in [0.2, 0.25) is 0 Å². The van der Waals surface area contributed by atoms with Crippen molar-refractivity contribution in [3.05, 3.63) is 92.8 Å². The molecule has 0 aliphatic carbocycles. The van der Waals surface area contributed by atoms with Crippen molar-refractivity contribution >= 4 is 34.7 Å². The Morgan fingerprint density at radius 1 is 0.812 bits per heavy atom. The van der Waals surface area contributed by atoms with Crippen LogP contribution in [0, 0.1) is 26.8 Å². The number of nitrogens with zero attached hydrogens (tertiary/aromatic N) is 1. The Morgan fingerprint density at radius 2 is 1.44 bits per heavy atom. The molecule has 2 nitrogen and oxygen atoms in total. The molecule has 3 rings (SSSR count). The molecule has 0 amide bonds. The van der Waals surface area contributed by atoms with Crippen LogP contribution in [0.3, 0.4) is 0 Å². The summed E-state index contributed by atoms with van der Waals surface area (Å²) >= 11 is 1.25. The number of rotatable bonds is 8. The van der Waals surface area contributed by atoms with Gasteiger partial charge in [0, 0.05) is 18.5 Å². The molecule has 0 saturated carbocycles. The molecule has 2 aromatic carbocycles. The topological polar surface area (TPSA) is 22.1 Å². The van der Waals surface area contributed by atoms with Crippen LogP contribution in [0.15, 0.2) is 54.9 Å². The molecule has 0 saturated heterocycles. The minimum absolute atomic E-state index is 0.306. The zero-order valence-corrected chi connectivity index (χ0v) is 19.8. The molecular formula is C25H24F4INO. The van der Waals surface area contributed by atoms with Gasteiger partial charge in [-0.15, -0.1) is 0 Å². The summed E-state index contributed by atoms with van der Waals surface area (Å²) in [4.78, 5) is 4.01. The fourth-order valence-electron chi connectivity index (χ4n) is 2.61. The molecule has 170 valence electrons. The highest BCUT2D eigenvalue weighted by Crippen LogP contribution is 2.20. The van der Waals surface area contributed by atoms with E-state index < -0.39 is 26.8 Å². The van der Waals surface area contributed by atoms with Gasteiger partial charge in [-0.25, -0.2) is 17.6 Å². The van der Waals surface area contributed by atoms with E-state index in [4.69, 9.17) is 4.74 Å². The van der Waals surface area contributed by atoms with Crippen molar-refractivity contribution in [3.63, 3.8) is 0 Å². The van der Waals surface area contributed by atoms with Crippen LogP contribution in [0.25, 0.3) is 12.2 Å². The average molecular weight is 557 g/mol. The molecule has 0 spiro atoms. The van der Waals surface area contributed by atoms with Crippen molar-refractivity contribution < 1.29 is 22.3 Å². The van der Waals surface area contributed by atoms with E-state index in [2.05, 4.69) is 36.2 Å². The third-order valence-corrected chi connectivity index (χ3v) is 5.37. The average Bonchev–Trinajstić information content (AvgIpc) is 2.82. The van der Waals surface area contributed by atoms with Crippen molar-refractivity contribution in [2.75, 3.05) is 6.61 Å². The maximum atomic E-state index is 12.4. The molecule has 1 heterocycles. The molecule has 0 bridgehead atoms. The van der Waals surface area contributed by atoms with Crippen molar-refractivity contribution in [2.45, 2.75) is 32.6 Å². The highest BCUT2D eigenvalue weighted by Gasteiger charge is 2.16. The molecule has 0 radical (unpaired) electrons. The molecule has 0 N–H and O–H groups in total. The summed E-state index contributed by atoms with van der Waals surface area (Å²) < 4.78 is 54.4. The van der Waals surface area contributed by atoms with Crippen LogP contribution in [0.1, 0.15) is 43.7 Å². The predicted molar refractivity (Wildman–Crippen MR) is 128 cm³/mol. The third kappa shape index (κ3) is 8.61. The number of hydrogen-bond donors (Lipinski definition) is 0. The highest BCUT2D eigenvalue weighted by atomic mass is 127. The quantitative estimate of drug-likeness (QED) is 0.0920. The second-order valence-corrected chi connectivity index (χ2v) is 7.95. The second kappa shape index (κ2) is 13.9. The minimum atomic E-state index is -1.64. The monoisotopic (exact) mass is 557 g/mol. The minimum Gasteiger partial charge on any atom is -0.494 e. The van der Waals surface area contributed by atoms with E-state index in [-0.39, 0.29) is 0 Å². The van der Waals surface area contributed by atoms with E-state index in [1.807, 2.05) is 24.3 Å². The molecular weight excluding hydrogens is 533 g/mol. The van der Waals surface area contributed by atoms with E-state index >= 15 is 0 Å². The van der Waals surface area contributed by atoms with Crippen LogP contribution < -0.4 is 4.74 Å². The number of halogens is 5. The molecule has 0 fully saturated rings. The Kier molecular flexibility index (Phi) is 11.2. The smallest absolute Gasteiger partial charge is 0.195 e. The van der Waals surface area contributed by atoms with Gasteiger partial charge in [-0.3, -0.25) is 4.98 Å². The standard InChI is InChI=1S/C19H23NO.C6HF4I/c1-2-3-4-5-16-21-19-10-8-17(9-11-19)6-7-18-12-14-20-15-13-18;7-2-1-3(8)6(11)5(10)4(2)9/h6-15H,2-5,16H2,1H3;1H/b7-6+;. The van der Waals surface area contributed by atoms with Crippen molar-refractivity contribution in [1.29, 1.82) is 0 Å². The molecule has 3 aromatic rings. The van der Waals surface area contributed by atoms with Crippen LogP contribution >= 0.6 is 22.6 Å². The first-order valence-electron chi connectivity index (χ1n) is 10.2. The summed E-state index contributed by atoms with van der Waals surface area (Å²) in [5, 5.41) is 0. The first-order chi connectivity index (χ1) is 15.4. The number of pyridine rings is 1. The number of aromatic nitrogens is 1. The van der Waals surface area contributed by atoms with Crippen molar-refractivity contribution in [1.82, 2.24) is 4.98 Å². The lowest BCUT2D eigenvalue weighted by atomic mass is 10.1. The van der Waals surface area contributed by atoms with Crippen LogP contribution in [-0.2, 0) is 0 Å². The molecule has 0 aliphatic heterocycles. The van der Waals surface area contributed by atoms with Crippen molar-refractivity contribution in [3.8, 4) is 5.75 Å². The molecule has 32 heavy (non-hydrogen) atoms. The SMILES string of the molecule is CCCCCCOc1ccc(/C=C/c2ccncc2)cc1.Fc1cc(F)c(I)c(F)c1F. The summed E-state index contributed by atoms with van der Waals surface area (Å²) in [5.41, 5.74) is 2.33. The van der Waals surface area contributed by atoms with Gasteiger partial charge in [0.25, 0.3) is 0 Å². The Balaban J connectivity index is 0.000000278. The Labute approximate surface area is 199 Å². The van der Waals surface area contributed by atoms with Gasteiger partial charge in [0.05, 0.1) is 10.2 Å². The number of unbranched alkanes of at least 4 members (excludes halogenated alkanes) is 3. The van der Waals surface area contributed by atoms with Gasteiger partial charge in [0.1, 0.15) is 11.6 Å². The van der Waals surface area contributed by atoms with Gasteiger partial charge in [-0.05, 0) is 64.4 Å². The summed E-state index contributed by atoms with van der Waals surface area (Å²) in [6, 6.07) is 12.5. The molecule has 1 aromatic heterocycles. The lowest BCUT2D eigenvalue weighted by Crippen LogP contribution is -1.97. The maximum Gasteiger partial charge on any atom is 0.195 e. The molecule has 0 atom stereocenters.